The zero-order chi connectivity index (χ0) is 20.2. The predicted octanol–water partition coefficient (Wildman–Crippen LogP) is 3.03. The van der Waals surface area contributed by atoms with Crippen molar-refractivity contribution in [3.63, 3.8) is 0 Å². The average molecular weight is 392 g/mol. The van der Waals surface area contributed by atoms with Gasteiger partial charge in [-0.25, -0.2) is 19.3 Å². The summed E-state index contributed by atoms with van der Waals surface area (Å²) in [6, 6.07) is 13.4. The summed E-state index contributed by atoms with van der Waals surface area (Å²) < 4.78 is 13.1. The van der Waals surface area contributed by atoms with E-state index < -0.39 is 0 Å². The van der Waals surface area contributed by atoms with E-state index in [0.717, 1.165) is 5.82 Å². The lowest BCUT2D eigenvalue weighted by molar-refractivity contribution is 0.0740. The molecule has 1 aliphatic heterocycles. The van der Waals surface area contributed by atoms with Gasteiger partial charge in [-0.05, 0) is 49.4 Å². The number of hydrogen-bond acceptors (Lipinski definition) is 6. The van der Waals surface area contributed by atoms with Gasteiger partial charge in [0.15, 0.2) is 0 Å². The molecular weight excluding hydrogens is 371 g/mol. The first-order valence-corrected chi connectivity index (χ1v) is 9.42. The maximum Gasteiger partial charge on any atom is 0.272 e. The van der Waals surface area contributed by atoms with Gasteiger partial charge in [-0.3, -0.25) is 4.79 Å². The van der Waals surface area contributed by atoms with Crippen LogP contribution in [0.1, 0.15) is 16.2 Å². The Balaban J connectivity index is 1.45. The first-order chi connectivity index (χ1) is 14.1. The number of nitrogens with one attached hydrogen (secondary N) is 1. The zero-order valence-electron chi connectivity index (χ0n) is 16.0. The molecule has 0 bridgehead atoms. The fourth-order valence-electron chi connectivity index (χ4n) is 3.24. The van der Waals surface area contributed by atoms with Gasteiger partial charge in [0.25, 0.3) is 5.91 Å². The van der Waals surface area contributed by atoms with Crippen LogP contribution in [0, 0.1) is 12.7 Å². The van der Waals surface area contributed by atoms with E-state index in [4.69, 9.17) is 0 Å². The Kier molecular flexibility index (Phi) is 5.33. The number of anilines is 3. The van der Waals surface area contributed by atoms with E-state index in [9.17, 15) is 9.18 Å². The number of benzene rings is 1. The summed E-state index contributed by atoms with van der Waals surface area (Å²) in [5.74, 6) is 0.787. The third-order valence-corrected chi connectivity index (χ3v) is 4.71. The molecule has 148 valence electrons. The molecule has 4 rings (SSSR count). The van der Waals surface area contributed by atoms with Crippen molar-refractivity contribution in [1.29, 1.82) is 0 Å². The van der Waals surface area contributed by atoms with Gasteiger partial charge in [-0.15, -0.1) is 0 Å². The van der Waals surface area contributed by atoms with Crippen LogP contribution < -0.4 is 10.2 Å². The maximum absolute atomic E-state index is 13.1. The van der Waals surface area contributed by atoms with Gasteiger partial charge in [0.05, 0.1) is 0 Å². The molecule has 3 aromatic rings. The minimum Gasteiger partial charge on any atom is -0.353 e. The third kappa shape index (κ3) is 4.48. The number of halogens is 1. The van der Waals surface area contributed by atoms with Crippen LogP contribution in [0.3, 0.4) is 0 Å². The molecule has 29 heavy (non-hydrogen) atoms. The normalized spacial score (nSPS) is 14.0. The summed E-state index contributed by atoms with van der Waals surface area (Å²) in [6.45, 7) is 4.44. The van der Waals surface area contributed by atoms with E-state index in [-0.39, 0.29) is 11.7 Å². The van der Waals surface area contributed by atoms with Gasteiger partial charge >= 0.3 is 0 Å². The quantitative estimate of drug-likeness (QED) is 0.736. The van der Waals surface area contributed by atoms with Gasteiger partial charge in [-0.1, -0.05) is 6.07 Å². The topological polar surface area (TPSA) is 74.2 Å². The van der Waals surface area contributed by atoms with Crippen molar-refractivity contribution in [2.45, 2.75) is 6.92 Å². The van der Waals surface area contributed by atoms with Gasteiger partial charge in [0.2, 0.25) is 5.95 Å². The summed E-state index contributed by atoms with van der Waals surface area (Å²) in [6.07, 6.45) is 1.77. The zero-order valence-corrected chi connectivity index (χ0v) is 16.0. The highest BCUT2D eigenvalue weighted by atomic mass is 19.1. The van der Waals surface area contributed by atoms with E-state index in [1.54, 1.807) is 29.3 Å². The summed E-state index contributed by atoms with van der Waals surface area (Å²) in [5.41, 5.74) is 1.67. The second-order valence-electron chi connectivity index (χ2n) is 6.82. The minimum atomic E-state index is -0.318. The van der Waals surface area contributed by atoms with Gasteiger partial charge in [0.1, 0.15) is 17.3 Å². The average Bonchev–Trinajstić information content (AvgIpc) is 2.75. The third-order valence-electron chi connectivity index (χ3n) is 4.71. The van der Waals surface area contributed by atoms with Crippen molar-refractivity contribution in [1.82, 2.24) is 19.9 Å². The van der Waals surface area contributed by atoms with Crippen LogP contribution >= 0.6 is 0 Å². The van der Waals surface area contributed by atoms with Crippen molar-refractivity contribution in [2.75, 3.05) is 36.4 Å². The fraction of sp³-hybridized carbons (Fsp3) is 0.238. The van der Waals surface area contributed by atoms with Gasteiger partial charge in [0, 0.05) is 43.8 Å². The number of hydrogen-bond donors (Lipinski definition) is 1. The van der Waals surface area contributed by atoms with E-state index in [2.05, 4.69) is 25.2 Å². The summed E-state index contributed by atoms with van der Waals surface area (Å²) >= 11 is 0. The van der Waals surface area contributed by atoms with Crippen LogP contribution in [0.2, 0.25) is 0 Å². The van der Waals surface area contributed by atoms with Crippen LogP contribution in [0.15, 0.2) is 54.7 Å². The van der Waals surface area contributed by atoms with Gasteiger partial charge < -0.3 is 15.1 Å². The second-order valence-corrected chi connectivity index (χ2v) is 6.82. The molecule has 1 amide bonds. The van der Waals surface area contributed by atoms with E-state index >= 15 is 0 Å². The Morgan fingerprint density at radius 2 is 1.79 bits per heavy atom. The molecule has 7 nitrogen and oxygen atoms in total. The summed E-state index contributed by atoms with van der Waals surface area (Å²) in [7, 11) is 0. The molecule has 0 spiro atoms. The lowest BCUT2D eigenvalue weighted by atomic mass is 10.2. The number of aromatic nitrogens is 3. The molecule has 1 saturated heterocycles. The molecule has 3 heterocycles. The highest BCUT2D eigenvalue weighted by Gasteiger charge is 2.24. The number of nitrogens with zero attached hydrogens (tertiary/aromatic N) is 5. The lowest BCUT2D eigenvalue weighted by Gasteiger charge is -2.35. The number of piperazine rings is 1. The molecule has 0 atom stereocenters. The van der Waals surface area contributed by atoms with Crippen LogP contribution in [0.25, 0.3) is 0 Å². The van der Waals surface area contributed by atoms with E-state index in [1.165, 1.54) is 12.1 Å². The Morgan fingerprint density at radius 1 is 1.03 bits per heavy atom. The minimum absolute atomic E-state index is 0.127. The molecule has 0 aliphatic carbocycles. The first kappa shape index (κ1) is 18.8. The van der Waals surface area contributed by atoms with Crippen molar-refractivity contribution < 1.29 is 9.18 Å². The molecule has 8 heteroatoms. The Labute approximate surface area is 168 Å². The second kappa shape index (κ2) is 8.22. The molecule has 2 aromatic heterocycles. The van der Waals surface area contributed by atoms with Crippen molar-refractivity contribution >= 4 is 23.4 Å². The fourth-order valence-corrected chi connectivity index (χ4v) is 3.24. The van der Waals surface area contributed by atoms with Gasteiger partial charge in [-0.2, -0.15) is 0 Å². The highest BCUT2D eigenvalue weighted by Crippen LogP contribution is 2.17. The number of carbonyl (C=O) groups excluding carboxylic acids is 1. The smallest absolute Gasteiger partial charge is 0.272 e. The molecule has 1 fully saturated rings. The monoisotopic (exact) mass is 392 g/mol. The largest absolute Gasteiger partial charge is 0.353 e. The van der Waals surface area contributed by atoms with Crippen LogP contribution in [-0.2, 0) is 0 Å². The van der Waals surface area contributed by atoms with Crippen molar-refractivity contribution in [3.8, 4) is 0 Å². The first-order valence-electron chi connectivity index (χ1n) is 9.42. The molecular formula is C21H21FN6O. The SMILES string of the molecule is Cc1cc(C(=O)N2CCN(c3ccccn3)CC2)nc(Nc2ccc(F)cc2)n1. The number of pyridine rings is 1. The Bertz CT molecular complexity index is 988. The Hall–Kier alpha value is -3.55. The van der Waals surface area contributed by atoms with Crippen LogP contribution in [0.5, 0.6) is 0 Å². The molecule has 1 N–H and O–H groups in total. The maximum atomic E-state index is 13.1. The Morgan fingerprint density at radius 3 is 2.48 bits per heavy atom. The summed E-state index contributed by atoms with van der Waals surface area (Å²) in [4.78, 5) is 30.0. The molecule has 1 aromatic carbocycles. The van der Waals surface area contributed by atoms with Crippen LogP contribution in [0.4, 0.5) is 21.8 Å². The highest BCUT2D eigenvalue weighted by molar-refractivity contribution is 5.93. The molecule has 1 aliphatic rings. The number of rotatable bonds is 4. The number of carbonyl (C=O) groups is 1. The van der Waals surface area contributed by atoms with E-state index in [0.29, 0.717) is 49.2 Å². The molecule has 0 unspecified atom stereocenters. The standard InChI is InChI=1S/C21H21FN6O/c1-15-14-18(26-21(24-15)25-17-7-5-16(22)6-8-17)20(29)28-12-10-27(11-13-28)19-4-2-3-9-23-19/h2-9,14H,10-13H2,1H3,(H,24,25,26). The van der Waals surface area contributed by atoms with Crippen molar-refractivity contribution in [2.24, 2.45) is 0 Å². The molecule has 0 saturated carbocycles. The summed E-state index contributed by atoms with van der Waals surface area (Å²) in [5, 5.41) is 3.02. The predicted molar refractivity (Wildman–Crippen MR) is 109 cm³/mol. The van der Waals surface area contributed by atoms with Crippen molar-refractivity contribution in [3.05, 3.63) is 71.9 Å². The lowest BCUT2D eigenvalue weighted by Crippen LogP contribution is -2.49. The number of amides is 1. The molecule has 0 radical (unpaired) electrons. The van der Waals surface area contributed by atoms with Crippen LogP contribution in [-0.4, -0.2) is 51.9 Å². The van der Waals surface area contributed by atoms with E-state index in [1.807, 2.05) is 25.1 Å². The number of aryl methyl sites for hydroxylation is 1.